The van der Waals surface area contributed by atoms with Crippen LogP contribution in [-0.2, 0) is 14.3 Å². The number of likely N-dealkylation sites (tertiary alicyclic amines) is 1. The van der Waals surface area contributed by atoms with Crippen LogP contribution in [0.3, 0.4) is 0 Å². The number of fused-ring (bicyclic) bond motifs is 3. The van der Waals surface area contributed by atoms with Gasteiger partial charge < -0.3 is 20.1 Å². The van der Waals surface area contributed by atoms with Gasteiger partial charge in [0.1, 0.15) is 6.61 Å². The number of rotatable bonds is 9. The van der Waals surface area contributed by atoms with Crippen LogP contribution in [0.25, 0.3) is 11.1 Å². The van der Waals surface area contributed by atoms with E-state index in [1.54, 1.807) is 11.8 Å². The standard InChI is InChI=1S/C27H32N2O5/c1-3-8-19(13-25(30)29-14-18(15-29)17(2)26(31)32)28-27(33)34-16-24-22-11-6-4-9-20(22)21-10-5-7-12-23(21)24/h4-7,9-12,17-19,24H,3,8,13-16H2,1-2H3,(H,28,33)(H,31,32)/t17?,19-/m0/s1. The average Bonchev–Trinajstić information content (AvgIpc) is 3.10. The number of hydrogen-bond acceptors (Lipinski definition) is 4. The molecule has 2 aliphatic rings. The van der Waals surface area contributed by atoms with Crippen LogP contribution in [0, 0.1) is 11.8 Å². The molecule has 2 aromatic carbocycles. The minimum atomic E-state index is -0.835. The van der Waals surface area contributed by atoms with E-state index in [1.807, 2.05) is 31.2 Å². The smallest absolute Gasteiger partial charge is 0.407 e. The quantitative estimate of drug-likeness (QED) is 0.578. The Labute approximate surface area is 200 Å². The first-order valence-electron chi connectivity index (χ1n) is 12.0. The van der Waals surface area contributed by atoms with Crippen molar-refractivity contribution in [3.05, 3.63) is 59.7 Å². The van der Waals surface area contributed by atoms with Gasteiger partial charge in [-0.05, 0) is 28.7 Å². The van der Waals surface area contributed by atoms with Crippen molar-refractivity contribution in [1.82, 2.24) is 10.2 Å². The number of aliphatic carboxylic acids is 1. The highest BCUT2D eigenvalue weighted by Crippen LogP contribution is 2.44. The number of hydrogen-bond donors (Lipinski definition) is 2. The van der Waals surface area contributed by atoms with Crippen molar-refractivity contribution in [2.75, 3.05) is 19.7 Å². The van der Waals surface area contributed by atoms with Crippen LogP contribution in [0.2, 0.25) is 0 Å². The van der Waals surface area contributed by atoms with Crippen LogP contribution >= 0.6 is 0 Å². The molecule has 180 valence electrons. The van der Waals surface area contributed by atoms with Crippen molar-refractivity contribution in [1.29, 1.82) is 0 Å². The summed E-state index contributed by atoms with van der Waals surface area (Å²) in [6, 6.07) is 16.0. The predicted octanol–water partition coefficient (Wildman–Crippen LogP) is 4.26. The number of carbonyl (C=O) groups excluding carboxylic acids is 2. The lowest BCUT2D eigenvalue weighted by Gasteiger charge is -2.41. The number of carboxylic acid groups (broad SMARTS) is 1. The zero-order valence-corrected chi connectivity index (χ0v) is 19.7. The van der Waals surface area contributed by atoms with E-state index in [0.29, 0.717) is 19.5 Å². The van der Waals surface area contributed by atoms with Crippen LogP contribution in [0.15, 0.2) is 48.5 Å². The lowest BCUT2D eigenvalue weighted by molar-refractivity contribution is -0.150. The van der Waals surface area contributed by atoms with Crippen LogP contribution in [0.4, 0.5) is 4.79 Å². The molecule has 2 aromatic rings. The fraction of sp³-hybridized carbons (Fsp3) is 0.444. The van der Waals surface area contributed by atoms with Crippen molar-refractivity contribution in [2.45, 2.75) is 45.1 Å². The molecule has 1 heterocycles. The third-order valence-corrected chi connectivity index (χ3v) is 7.08. The molecule has 4 rings (SSSR count). The molecule has 1 aliphatic heterocycles. The maximum absolute atomic E-state index is 12.7. The fourth-order valence-electron chi connectivity index (χ4n) is 4.95. The summed E-state index contributed by atoms with van der Waals surface area (Å²) < 4.78 is 5.63. The Morgan fingerprint density at radius 2 is 1.65 bits per heavy atom. The molecular weight excluding hydrogens is 432 g/mol. The van der Waals surface area contributed by atoms with E-state index in [4.69, 9.17) is 9.84 Å². The second kappa shape index (κ2) is 10.3. The first kappa shape index (κ1) is 23.8. The summed E-state index contributed by atoms with van der Waals surface area (Å²) in [6.07, 6.45) is 1.15. The van der Waals surface area contributed by atoms with Crippen LogP contribution in [0.1, 0.15) is 50.2 Å². The summed E-state index contributed by atoms with van der Waals surface area (Å²) in [5.74, 6) is -1.39. The van der Waals surface area contributed by atoms with Crippen molar-refractivity contribution < 1.29 is 24.2 Å². The SMILES string of the molecule is CCC[C@@H](CC(=O)N1CC(C(C)C(=O)O)C1)NC(=O)OCC1c2ccccc2-c2ccccc21. The van der Waals surface area contributed by atoms with Gasteiger partial charge in [-0.15, -0.1) is 0 Å². The Hall–Kier alpha value is -3.35. The van der Waals surface area contributed by atoms with Crippen molar-refractivity contribution in [2.24, 2.45) is 11.8 Å². The summed E-state index contributed by atoms with van der Waals surface area (Å²) in [5.41, 5.74) is 4.65. The number of alkyl carbamates (subject to hydrolysis) is 1. The molecule has 7 nitrogen and oxygen atoms in total. The van der Waals surface area contributed by atoms with Crippen LogP contribution in [-0.4, -0.2) is 53.7 Å². The van der Waals surface area contributed by atoms with E-state index in [9.17, 15) is 14.4 Å². The molecule has 2 N–H and O–H groups in total. The van der Waals surface area contributed by atoms with Gasteiger partial charge in [-0.3, -0.25) is 9.59 Å². The predicted molar refractivity (Wildman–Crippen MR) is 128 cm³/mol. The number of benzene rings is 2. The van der Waals surface area contributed by atoms with Crippen LogP contribution < -0.4 is 5.32 Å². The van der Waals surface area contributed by atoms with Gasteiger partial charge in [0.25, 0.3) is 0 Å². The first-order valence-corrected chi connectivity index (χ1v) is 12.0. The van der Waals surface area contributed by atoms with Gasteiger partial charge in [0.05, 0.1) is 5.92 Å². The van der Waals surface area contributed by atoms with E-state index in [0.717, 1.165) is 17.5 Å². The summed E-state index contributed by atoms with van der Waals surface area (Å²) in [4.78, 5) is 38.1. The zero-order chi connectivity index (χ0) is 24.2. The minimum Gasteiger partial charge on any atom is -0.481 e. The van der Waals surface area contributed by atoms with E-state index in [1.165, 1.54) is 11.1 Å². The number of carboxylic acids is 1. The van der Waals surface area contributed by atoms with Crippen molar-refractivity contribution in [3.63, 3.8) is 0 Å². The molecule has 2 atom stereocenters. The fourth-order valence-corrected chi connectivity index (χ4v) is 4.95. The Bertz CT molecular complexity index is 1020. The number of ether oxygens (including phenoxy) is 1. The maximum Gasteiger partial charge on any atom is 0.407 e. The number of nitrogens with zero attached hydrogens (tertiary/aromatic N) is 1. The number of nitrogens with one attached hydrogen (secondary N) is 1. The molecule has 1 aliphatic carbocycles. The van der Waals surface area contributed by atoms with Crippen LogP contribution in [0.5, 0.6) is 0 Å². The van der Waals surface area contributed by atoms with E-state index in [2.05, 4.69) is 29.6 Å². The largest absolute Gasteiger partial charge is 0.481 e. The monoisotopic (exact) mass is 464 g/mol. The third kappa shape index (κ3) is 4.93. The zero-order valence-electron chi connectivity index (χ0n) is 19.7. The van der Waals surface area contributed by atoms with Gasteiger partial charge in [0.2, 0.25) is 5.91 Å². The van der Waals surface area contributed by atoms with Crippen molar-refractivity contribution in [3.8, 4) is 11.1 Å². The molecule has 0 saturated carbocycles. The molecule has 1 saturated heterocycles. The van der Waals surface area contributed by atoms with E-state index < -0.39 is 18.0 Å². The normalized spacial score (nSPS) is 16.7. The molecule has 34 heavy (non-hydrogen) atoms. The second-order valence-electron chi connectivity index (χ2n) is 9.35. The Kier molecular flexibility index (Phi) is 7.20. The molecule has 0 aromatic heterocycles. The van der Waals surface area contributed by atoms with Gasteiger partial charge >= 0.3 is 12.1 Å². The summed E-state index contributed by atoms with van der Waals surface area (Å²) in [7, 11) is 0. The van der Waals surface area contributed by atoms with Gasteiger partial charge in [0.15, 0.2) is 0 Å². The van der Waals surface area contributed by atoms with E-state index >= 15 is 0 Å². The van der Waals surface area contributed by atoms with Gasteiger partial charge in [-0.1, -0.05) is 68.8 Å². The molecule has 2 amide bonds. The molecule has 0 spiro atoms. The molecule has 0 radical (unpaired) electrons. The molecule has 7 heteroatoms. The summed E-state index contributed by atoms with van der Waals surface area (Å²) in [5, 5.41) is 12.0. The highest BCUT2D eigenvalue weighted by molar-refractivity contribution is 5.80. The molecular formula is C27H32N2O5. The Morgan fingerprint density at radius 3 is 2.21 bits per heavy atom. The minimum absolute atomic E-state index is 0.0128. The highest BCUT2D eigenvalue weighted by atomic mass is 16.5. The maximum atomic E-state index is 12.7. The molecule has 1 fully saturated rings. The Balaban J connectivity index is 1.31. The van der Waals surface area contributed by atoms with Crippen molar-refractivity contribution >= 4 is 18.0 Å². The van der Waals surface area contributed by atoms with Gasteiger partial charge in [0, 0.05) is 37.4 Å². The topological polar surface area (TPSA) is 95.9 Å². The summed E-state index contributed by atoms with van der Waals surface area (Å²) in [6.45, 7) is 4.82. The highest BCUT2D eigenvalue weighted by Gasteiger charge is 2.37. The average molecular weight is 465 g/mol. The summed E-state index contributed by atoms with van der Waals surface area (Å²) >= 11 is 0. The molecule has 0 bridgehead atoms. The lowest BCUT2D eigenvalue weighted by atomic mass is 9.86. The Morgan fingerprint density at radius 1 is 1.06 bits per heavy atom. The lowest BCUT2D eigenvalue weighted by Crippen LogP contribution is -2.54. The number of carbonyl (C=O) groups is 3. The first-order chi connectivity index (χ1) is 16.4. The molecule has 1 unspecified atom stereocenters. The van der Waals surface area contributed by atoms with Gasteiger partial charge in [-0.2, -0.15) is 0 Å². The third-order valence-electron chi connectivity index (χ3n) is 7.08. The second-order valence-corrected chi connectivity index (χ2v) is 9.35. The van der Waals surface area contributed by atoms with Gasteiger partial charge in [-0.25, -0.2) is 4.79 Å². The number of amides is 2. The van der Waals surface area contributed by atoms with E-state index in [-0.39, 0.29) is 36.8 Å².